The Balaban J connectivity index is 1.74. The first-order valence-electron chi connectivity index (χ1n) is 10.2. The maximum absolute atomic E-state index is 13.5. The van der Waals surface area contributed by atoms with Gasteiger partial charge in [0.1, 0.15) is 11.6 Å². The van der Waals surface area contributed by atoms with Crippen molar-refractivity contribution in [2.75, 3.05) is 13.6 Å². The van der Waals surface area contributed by atoms with Crippen LogP contribution in [0.3, 0.4) is 0 Å². The maximum atomic E-state index is 13.5. The predicted octanol–water partition coefficient (Wildman–Crippen LogP) is 2.79. The highest BCUT2D eigenvalue weighted by atomic mass is 19.1. The Hall–Kier alpha value is -3.60. The molecule has 162 valence electrons. The maximum Gasteiger partial charge on any atom is 0.255 e. The fourth-order valence-electron chi connectivity index (χ4n) is 4.11. The van der Waals surface area contributed by atoms with Gasteiger partial charge in [0.05, 0.1) is 5.56 Å². The van der Waals surface area contributed by atoms with Crippen LogP contribution in [0.5, 0.6) is 5.75 Å². The van der Waals surface area contributed by atoms with E-state index in [0.29, 0.717) is 12.5 Å². The Morgan fingerprint density at radius 2 is 1.97 bits per heavy atom. The van der Waals surface area contributed by atoms with Gasteiger partial charge in [-0.2, -0.15) is 5.26 Å². The van der Waals surface area contributed by atoms with Crippen LogP contribution in [0.25, 0.3) is 0 Å². The number of benzene rings is 2. The molecule has 0 bridgehead atoms. The number of amides is 1. The third kappa shape index (κ3) is 5.31. The Labute approximate surface area is 181 Å². The van der Waals surface area contributed by atoms with Crippen molar-refractivity contribution < 1.29 is 14.3 Å². The van der Waals surface area contributed by atoms with E-state index in [1.54, 1.807) is 7.05 Å². The largest absolute Gasteiger partial charge is 0.507 e. The van der Waals surface area contributed by atoms with Crippen LogP contribution in [-0.4, -0.2) is 36.6 Å². The summed E-state index contributed by atoms with van der Waals surface area (Å²) in [5.74, 6) is -0.899. The standard InChI is InChI=1S/C23H26FN5O2/c1-26-22(28-15-25)29-18-9-11-23(12-10-18,16-5-3-2-4-6-16)14-27-21(31)19-13-17(24)7-8-20(19)30/h2-8,13,18,30H,9-12,14H2,1H3,(H,27,31)(H2,26,28,29). The molecule has 0 unspecified atom stereocenters. The van der Waals surface area contributed by atoms with Crippen molar-refractivity contribution in [2.45, 2.75) is 37.1 Å². The number of nitriles is 1. The molecule has 1 aliphatic carbocycles. The first kappa shape index (κ1) is 22.1. The van der Waals surface area contributed by atoms with Crippen LogP contribution in [0.15, 0.2) is 53.5 Å². The smallest absolute Gasteiger partial charge is 0.255 e. The van der Waals surface area contributed by atoms with E-state index in [1.807, 2.05) is 24.4 Å². The zero-order chi connectivity index (χ0) is 22.3. The van der Waals surface area contributed by atoms with E-state index < -0.39 is 11.7 Å². The lowest BCUT2D eigenvalue weighted by Crippen LogP contribution is -2.49. The normalized spacial score (nSPS) is 21.1. The minimum atomic E-state index is -0.577. The van der Waals surface area contributed by atoms with E-state index in [2.05, 4.69) is 33.1 Å². The number of phenols is 1. The number of guanidine groups is 1. The fraction of sp³-hybridized carbons (Fsp3) is 0.348. The Bertz CT molecular complexity index is 979. The molecular formula is C23H26FN5O2. The summed E-state index contributed by atoms with van der Waals surface area (Å²) in [4.78, 5) is 16.7. The molecule has 2 aromatic rings. The summed E-state index contributed by atoms with van der Waals surface area (Å²) < 4.78 is 13.5. The lowest BCUT2D eigenvalue weighted by Gasteiger charge is -2.41. The molecule has 1 fully saturated rings. The van der Waals surface area contributed by atoms with Crippen LogP contribution in [0.4, 0.5) is 4.39 Å². The SMILES string of the molecule is CN=C(NC#N)NC1CCC(CNC(=O)c2cc(F)ccc2O)(c2ccccc2)CC1. The number of rotatable bonds is 5. The summed E-state index contributed by atoms with van der Waals surface area (Å²) in [6.07, 6.45) is 5.11. The number of phenolic OH excluding ortho intramolecular Hbond substituents is 1. The average Bonchev–Trinajstić information content (AvgIpc) is 2.80. The Kier molecular flexibility index (Phi) is 7.08. The predicted molar refractivity (Wildman–Crippen MR) is 116 cm³/mol. The minimum absolute atomic E-state index is 0.0788. The van der Waals surface area contributed by atoms with Crippen molar-refractivity contribution in [3.05, 3.63) is 65.5 Å². The van der Waals surface area contributed by atoms with Crippen LogP contribution in [0.2, 0.25) is 0 Å². The molecule has 0 heterocycles. The van der Waals surface area contributed by atoms with Gasteiger partial charge in [0.2, 0.25) is 5.96 Å². The van der Waals surface area contributed by atoms with Gasteiger partial charge in [-0.15, -0.1) is 0 Å². The highest BCUT2D eigenvalue weighted by molar-refractivity contribution is 5.96. The number of carbonyl (C=O) groups is 1. The molecule has 7 nitrogen and oxygen atoms in total. The summed E-state index contributed by atoms with van der Waals surface area (Å²) >= 11 is 0. The van der Waals surface area contributed by atoms with Crippen molar-refractivity contribution in [1.29, 1.82) is 5.26 Å². The van der Waals surface area contributed by atoms with E-state index in [-0.39, 0.29) is 22.8 Å². The molecule has 31 heavy (non-hydrogen) atoms. The molecule has 0 radical (unpaired) electrons. The van der Waals surface area contributed by atoms with Gasteiger partial charge in [-0.25, -0.2) is 4.39 Å². The Morgan fingerprint density at radius 1 is 1.26 bits per heavy atom. The molecule has 1 saturated carbocycles. The van der Waals surface area contributed by atoms with Crippen molar-refractivity contribution >= 4 is 11.9 Å². The first-order chi connectivity index (χ1) is 15.0. The van der Waals surface area contributed by atoms with Crippen molar-refractivity contribution in [3.8, 4) is 11.9 Å². The van der Waals surface area contributed by atoms with Gasteiger partial charge in [-0.05, 0) is 49.4 Å². The molecule has 1 amide bonds. The van der Waals surface area contributed by atoms with Gasteiger partial charge in [0.15, 0.2) is 6.19 Å². The Morgan fingerprint density at radius 3 is 2.61 bits per heavy atom. The fourth-order valence-corrected chi connectivity index (χ4v) is 4.11. The number of aromatic hydroxyl groups is 1. The summed E-state index contributed by atoms with van der Waals surface area (Å²) in [5, 5.41) is 27.4. The van der Waals surface area contributed by atoms with Gasteiger partial charge in [0, 0.05) is 25.0 Å². The molecular weight excluding hydrogens is 397 g/mol. The molecule has 0 spiro atoms. The quantitative estimate of drug-likeness (QED) is 0.256. The molecule has 0 aromatic heterocycles. The van der Waals surface area contributed by atoms with E-state index in [1.165, 1.54) is 6.07 Å². The molecule has 1 aliphatic rings. The molecule has 4 N–H and O–H groups in total. The van der Waals surface area contributed by atoms with E-state index in [4.69, 9.17) is 5.26 Å². The minimum Gasteiger partial charge on any atom is -0.507 e. The van der Waals surface area contributed by atoms with Crippen LogP contribution in [0.1, 0.15) is 41.6 Å². The van der Waals surface area contributed by atoms with E-state index in [0.717, 1.165) is 43.4 Å². The lowest BCUT2D eigenvalue weighted by atomic mass is 9.68. The molecule has 3 rings (SSSR count). The monoisotopic (exact) mass is 423 g/mol. The molecule has 2 aromatic carbocycles. The van der Waals surface area contributed by atoms with Crippen molar-refractivity contribution in [3.63, 3.8) is 0 Å². The lowest BCUT2D eigenvalue weighted by molar-refractivity contribution is 0.0932. The van der Waals surface area contributed by atoms with Gasteiger partial charge in [-0.1, -0.05) is 30.3 Å². The average molecular weight is 423 g/mol. The van der Waals surface area contributed by atoms with Gasteiger partial charge in [0.25, 0.3) is 5.91 Å². The summed E-state index contributed by atoms with van der Waals surface area (Å²) in [6.45, 7) is 0.365. The summed E-state index contributed by atoms with van der Waals surface area (Å²) in [7, 11) is 1.61. The van der Waals surface area contributed by atoms with Gasteiger partial charge in [-0.3, -0.25) is 15.1 Å². The van der Waals surface area contributed by atoms with Crippen molar-refractivity contribution in [1.82, 2.24) is 16.0 Å². The van der Waals surface area contributed by atoms with Crippen molar-refractivity contribution in [2.24, 2.45) is 4.99 Å². The second-order valence-electron chi connectivity index (χ2n) is 7.72. The summed E-state index contributed by atoms with van der Waals surface area (Å²) in [5.41, 5.74) is 0.756. The molecule has 0 saturated heterocycles. The number of carbonyl (C=O) groups excluding carboxylic acids is 1. The molecule has 8 heteroatoms. The zero-order valence-electron chi connectivity index (χ0n) is 17.4. The zero-order valence-corrected chi connectivity index (χ0v) is 17.4. The third-order valence-electron chi connectivity index (χ3n) is 5.86. The third-order valence-corrected chi connectivity index (χ3v) is 5.86. The second-order valence-corrected chi connectivity index (χ2v) is 7.72. The molecule has 0 aliphatic heterocycles. The highest BCUT2D eigenvalue weighted by Crippen LogP contribution is 2.39. The number of nitrogens with zero attached hydrogens (tertiary/aromatic N) is 2. The number of aliphatic imine (C=N–C) groups is 1. The van der Waals surface area contributed by atoms with E-state index >= 15 is 0 Å². The highest BCUT2D eigenvalue weighted by Gasteiger charge is 2.37. The van der Waals surface area contributed by atoms with Crippen LogP contribution in [-0.2, 0) is 5.41 Å². The van der Waals surface area contributed by atoms with Crippen LogP contribution in [0, 0.1) is 17.3 Å². The second kappa shape index (κ2) is 9.94. The van der Waals surface area contributed by atoms with Crippen LogP contribution >= 0.6 is 0 Å². The molecule has 0 atom stereocenters. The van der Waals surface area contributed by atoms with Crippen LogP contribution < -0.4 is 16.0 Å². The van der Waals surface area contributed by atoms with E-state index in [9.17, 15) is 14.3 Å². The first-order valence-corrected chi connectivity index (χ1v) is 10.2. The number of halogens is 1. The number of nitrogens with one attached hydrogen (secondary N) is 3. The van der Waals surface area contributed by atoms with Gasteiger partial charge < -0.3 is 15.7 Å². The van der Waals surface area contributed by atoms with Gasteiger partial charge >= 0.3 is 0 Å². The topological polar surface area (TPSA) is 110 Å². The number of hydrogen-bond acceptors (Lipinski definition) is 4. The summed E-state index contributed by atoms with van der Waals surface area (Å²) in [6, 6.07) is 13.5. The number of hydrogen-bond donors (Lipinski definition) is 4.